The van der Waals surface area contributed by atoms with Gasteiger partial charge >= 0.3 is 5.97 Å². The summed E-state index contributed by atoms with van der Waals surface area (Å²) in [4.78, 5) is 10.8. The Morgan fingerprint density at radius 1 is 1.05 bits per heavy atom. The van der Waals surface area contributed by atoms with Crippen molar-refractivity contribution in [2.45, 2.75) is 73.1 Å². The lowest BCUT2D eigenvalue weighted by atomic mass is 9.77. The predicted octanol–water partition coefficient (Wildman–Crippen LogP) is 5.53. The van der Waals surface area contributed by atoms with Crippen LogP contribution in [0.3, 0.4) is 0 Å². The topological polar surface area (TPSA) is 37.3 Å². The first kappa shape index (κ1) is 19.2. The molecule has 0 rings (SSSR count). The van der Waals surface area contributed by atoms with Gasteiger partial charge in [0.15, 0.2) is 0 Å². The molecule has 0 aliphatic heterocycles. The molecular weight excluding hydrogens is 248 g/mol. The lowest BCUT2D eigenvalue weighted by molar-refractivity contribution is -0.132. The van der Waals surface area contributed by atoms with Crippen molar-refractivity contribution >= 4 is 5.97 Å². The SMILES string of the molecule is C=C(CCC(C)CC(CC)C(CC)CC(C)C)C(=O)O. The van der Waals surface area contributed by atoms with Crippen molar-refractivity contribution in [3.05, 3.63) is 12.2 Å². The van der Waals surface area contributed by atoms with E-state index in [1.54, 1.807) is 0 Å². The molecule has 0 aromatic heterocycles. The lowest BCUT2D eigenvalue weighted by Crippen LogP contribution is -2.18. The van der Waals surface area contributed by atoms with Crippen LogP contribution in [0.2, 0.25) is 0 Å². The molecule has 20 heavy (non-hydrogen) atoms. The zero-order valence-corrected chi connectivity index (χ0v) is 14.1. The van der Waals surface area contributed by atoms with E-state index in [9.17, 15) is 4.79 Å². The van der Waals surface area contributed by atoms with E-state index < -0.39 is 5.97 Å². The summed E-state index contributed by atoms with van der Waals surface area (Å²) in [5, 5.41) is 8.85. The summed E-state index contributed by atoms with van der Waals surface area (Å²) in [6.07, 6.45) is 6.58. The van der Waals surface area contributed by atoms with Gasteiger partial charge in [-0.15, -0.1) is 0 Å². The number of carboxylic acids is 1. The molecule has 0 heterocycles. The third-order valence-corrected chi connectivity index (χ3v) is 4.44. The molecule has 0 bridgehead atoms. The molecule has 0 aromatic carbocycles. The summed E-state index contributed by atoms with van der Waals surface area (Å²) in [6, 6.07) is 0. The second-order valence-corrected chi connectivity index (χ2v) is 6.75. The molecular formula is C18H34O2. The average Bonchev–Trinajstić information content (AvgIpc) is 2.39. The zero-order valence-electron chi connectivity index (χ0n) is 14.1. The Labute approximate surface area is 125 Å². The van der Waals surface area contributed by atoms with E-state index in [2.05, 4.69) is 41.2 Å². The van der Waals surface area contributed by atoms with Crippen LogP contribution < -0.4 is 0 Å². The summed E-state index contributed by atoms with van der Waals surface area (Å²) in [7, 11) is 0. The normalized spacial score (nSPS) is 15.9. The Morgan fingerprint density at radius 3 is 1.95 bits per heavy atom. The van der Waals surface area contributed by atoms with Crippen LogP contribution in [0.5, 0.6) is 0 Å². The summed E-state index contributed by atoms with van der Waals surface area (Å²) in [5.74, 6) is 2.07. The fraction of sp³-hybridized carbons (Fsp3) is 0.833. The zero-order chi connectivity index (χ0) is 15.7. The standard InChI is InChI=1S/C18H34O2/c1-7-16(11-13(3)4)17(8-2)12-14(5)9-10-15(6)18(19)20/h13-14,16-17H,6-12H2,1-5H3,(H,19,20). The minimum Gasteiger partial charge on any atom is -0.478 e. The Hall–Kier alpha value is -0.790. The van der Waals surface area contributed by atoms with E-state index in [4.69, 9.17) is 5.11 Å². The molecule has 0 amide bonds. The highest BCUT2D eigenvalue weighted by atomic mass is 16.4. The predicted molar refractivity (Wildman–Crippen MR) is 86.8 cm³/mol. The number of rotatable bonds is 11. The molecule has 2 heteroatoms. The number of hydrogen-bond donors (Lipinski definition) is 1. The van der Waals surface area contributed by atoms with Crippen LogP contribution in [-0.4, -0.2) is 11.1 Å². The minimum absolute atomic E-state index is 0.346. The van der Waals surface area contributed by atoms with Crippen molar-refractivity contribution in [1.29, 1.82) is 0 Å². The van der Waals surface area contributed by atoms with Crippen molar-refractivity contribution in [3.63, 3.8) is 0 Å². The monoisotopic (exact) mass is 282 g/mol. The van der Waals surface area contributed by atoms with Crippen LogP contribution in [0.25, 0.3) is 0 Å². The van der Waals surface area contributed by atoms with Gasteiger partial charge in [-0.2, -0.15) is 0 Å². The van der Waals surface area contributed by atoms with Gasteiger partial charge in [0.2, 0.25) is 0 Å². The van der Waals surface area contributed by atoms with Crippen molar-refractivity contribution in [2.75, 3.05) is 0 Å². The van der Waals surface area contributed by atoms with E-state index in [1.165, 1.54) is 25.7 Å². The Bertz CT molecular complexity index is 294. The van der Waals surface area contributed by atoms with Crippen LogP contribution in [0.4, 0.5) is 0 Å². The van der Waals surface area contributed by atoms with Crippen molar-refractivity contribution < 1.29 is 9.90 Å². The number of carboxylic acid groups (broad SMARTS) is 1. The average molecular weight is 282 g/mol. The van der Waals surface area contributed by atoms with E-state index >= 15 is 0 Å². The van der Waals surface area contributed by atoms with Gasteiger partial charge < -0.3 is 5.11 Å². The number of carbonyl (C=O) groups is 1. The first-order chi connectivity index (χ1) is 9.31. The Kier molecular flexibility index (Phi) is 9.62. The fourth-order valence-electron chi connectivity index (χ4n) is 3.15. The summed E-state index contributed by atoms with van der Waals surface area (Å²) >= 11 is 0. The highest BCUT2D eigenvalue weighted by Crippen LogP contribution is 2.32. The van der Waals surface area contributed by atoms with Gasteiger partial charge in [-0.1, -0.05) is 54.0 Å². The van der Waals surface area contributed by atoms with Crippen molar-refractivity contribution in [2.24, 2.45) is 23.7 Å². The highest BCUT2D eigenvalue weighted by Gasteiger charge is 2.21. The van der Waals surface area contributed by atoms with Gasteiger partial charge in [0.05, 0.1) is 0 Å². The van der Waals surface area contributed by atoms with Gasteiger partial charge in [-0.05, 0) is 49.4 Å². The van der Waals surface area contributed by atoms with Crippen LogP contribution in [0, 0.1) is 23.7 Å². The second kappa shape index (κ2) is 10.0. The molecule has 0 aliphatic carbocycles. The smallest absolute Gasteiger partial charge is 0.330 e. The van der Waals surface area contributed by atoms with Crippen LogP contribution in [0.1, 0.15) is 73.1 Å². The maximum absolute atomic E-state index is 10.8. The van der Waals surface area contributed by atoms with Crippen molar-refractivity contribution in [1.82, 2.24) is 0 Å². The highest BCUT2D eigenvalue weighted by molar-refractivity contribution is 5.85. The van der Waals surface area contributed by atoms with Gasteiger partial charge in [0.25, 0.3) is 0 Å². The van der Waals surface area contributed by atoms with Crippen LogP contribution in [-0.2, 0) is 4.79 Å². The molecule has 0 saturated heterocycles. The molecule has 2 nitrogen and oxygen atoms in total. The molecule has 0 aromatic rings. The molecule has 0 spiro atoms. The molecule has 0 aliphatic rings. The maximum atomic E-state index is 10.8. The summed E-state index contributed by atoms with van der Waals surface area (Å²) in [5.41, 5.74) is 0.346. The summed E-state index contributed by atoms with van der Waals surface area (Å²) < 4.78 is 0. The number of hydrogen-bond acceptors (Lipinski definition) is 1. The minimum atomic E-state index is -0.851. The fourth-order valence-corrected chi connectivity index (χ4v) is 3.15. The molecule has 3 atom stereocenters. The first-order valence-corrected chi connectivity index (χ1v) is 8.22. The quantitative estimate of drug-likeness (QED) is 0.506. The van der Waals surface area contributed by atoms with E-state index in [0.29, 0.717) is 17.9 Å². The van der Waals surface area contributed by atoms with Crippen LogP contribution in [0.15, 0.2) is 12.2 Å². The Balaban J connectivity index is 4.32. The van der Waals surface area contributed by atoms with Crippen LogP contribution >= 0.6 is 0 Å². The molecule has 118 valence electrons. The van der Waals surface area contributed by atoms with E-state index in [0.717, 1.165) is 24.2 Å². The van der Waals surface area contributed by atoms with Gasteiger partial charge in [-0.3, -0.25) is 0 Å². The second-order valence-electron chi connectivity index (χ2n) is 6.75. The third-order valence-electron chi connectivity index (χ3n) is 4.44. The van der Waals surface area contributed by atoms with E-state index in [-0.39, 0.29) is 0 Å². The molecule has 1 N–H and O–H groups in total. The number of aliphatic carboxylic acids is 1. The van der Waals surface area contributed by atoms with Gasteiger partial charge in [0.1, 0.15) is 0 Å². The summed E-state index contributed by atoms with van der Waals surface area (Å²) in [6.45, 7) is 15.1. The molecule has 3 unspecified atom stereocenters. The third kappa shape index (κ3) is 7.72. The Morgan fingerprint density at radius 2 is 1.55 bits per heavy atom. The molecule has 0 saturated carbocycles. The van der Waals surface area contributed by atoms with E-state index in [1.807, 2.05) is 0 Å². The molecule has 0 radical (unpaired) electrons. The largest absolute Gasteiger partial charge is 0.478 e. The molecule has 0 fully saturated rings. The van der Waals surface area contributed by atoms with Crippen molar-refractivity contribution in [3.8, 4) is 0 Å². The first-order valence-electron chi connectivity index (χ1n) is 8.22. The van der Waals surface area contributed by atoms with Gasteiger partial charge in [0, 0.05) is 5.57 Å². The van der Waals surface area contributed by atoms with Gasteiger partial charge in [-0.25, -0.2) is 4.79 Å². The maximum Gasteiger partial charge on any atom is 0.330 e. The lowest BCUT2D eigenvalue weighted by Gasteiger charge is -2.29.